The van der Waals surface area contributed by atoms with Gasteiger partial charge in [-0.1, -0.05) is 121 Å². The molecule has 0 atom stereocenters. The average Bonchev–Trinajstić information content (AvgIpc) is 3.33. The molecule has 0 saturated carbocycles. The summed E-state index contributed by atoms with van der Waals surface area (Å²) in [6, 6.07) is 27.7. The Balaban J connectivity index is 0.000000294. The minimum Gasteiger partial charge on any atom is -0.512 e. The van der Waals surface area contributed by atoms with Gasteiger partial charge in [0.05, 0.1) is 5.69 Å². The molecule has 0 spiro atoms. The largest absolute Gasteiger partial charge is 0.512 e. The third-order valence-electron chi connectivity index (χ3n) is 10.7. The van der Waals surface area contributed by atoms with Gasteiger partial charge in [-0.3, -0.25) is 9.78 Å². The summed E-state index contributed by atoms with van der Waals surface area (Å²) in [5, 5.41) is 15.1. The van der Waals surface area contributed by atoms with Crippen LogP contribution in [0.15, 0.2) is 84.4 Å². The van der Waals surface area contributed by atoms with Crippen molar-refractivity contribution in [1.29, 1.82) is 0 Å². The molecule has 0 fully saturated rings. The van der Waals surface area contributed by atoms with Crippen molar-refractivity contribution in [2.24, 2.45) is 17.3 Å². The van der Waals surface area contributed by atoms with Gasteiger partial charge < -0.3 is 5.11 Å². The van der Waals surface area contributed by atoms with Gasteiger partial charge in [-0.15, -0.1) is 23.8 Å². The molecule has 0 unspecified atom stereocenters. The number of fused-ring (bicyclic) bond motifs is 5. The molecule has 1 aromatic heterocycles. The van der Waals surface area contributed by atoms with Crippen molar-refractivity contribution in [3.8, 4) is 22.5 Å². The van der Waals surface area contributed by atoms with Crippen molar-refractivity contribution in [1.82, 2.24) is 9.97 Å². The number of nitrogens with zero attached hydrogens (tertiary/aromatic N) is 2. The minimum absolute atomic E-state index is 0. The summed E-state index contributed by atoms with van der Waals surface area (Å²) in [4.78, 5) is 21.8. The van der Waals surface area contributed by atoms with Crippen LogP contribution in [0.25, 0.3) is 44.1 Å². The van der Waals surface area contributed by atoms with Gasteiger partial charge in [-0.25, -0.2) is 4.98 Å². The molecule has 271 valence electrons. The van der Waals surface area contributed by atoms with E-state index in [0.29, 0.717) is 11.3 Å². The summed E-state index contributed by atoms with van der Waals surface area (Å²) in [5.41, 5.74) is 8.80. The summed E-state index contributed by atoms with van der Waals surface area (Å²) in [6.07, 6.45) is 6.22. The number of carbonyl (C=O) groups is 1. The second-order valence-corrected chi connectivity index (χ2v) is 15.7. The van der Waals surface area contributed by atoms with E-state index in [1.165, 1.54) is 43.8 Å². The number of hydrogen-bond acceptors (Lipinski definition) is 4. The Kier molecular flexibility index (Phi) is 12.9. The molecule has 1 N–H and O–H groups in total. The standard InChI is InChI=1S/C32H29N2.C14H26O2.Ir/c1-31(2,3)18-22-12-8-14-24-23(22)13-9-15-25(24)29-28-30(34-19-33-29)26-16-20-10-6-7-11-21(20)17-27(26)32(28,4)5;1-6-11(7-2)13(15)10(5)14(16)12(8-3)9-4;/h6-14,16-17,19H,18H2,1-5H3;11-12,15H,6-9H2,1-5H3;/q-1;;/b;13-10-;. The molecule has 0 aliphatic heterocycles. The predicted molar refractivity (Wildman–Crippen MR) is 211 cm³/mol. The fraction of sp³-hybridized carbons (Fsp3) is 0.413. The summed E-state index contributed by atoms with van der Waals surface area (Å²) in [6.45, 7) is 21.4. The van der Waals surface area contributed by atoms with Crippen LogP contribution in [-0.2, 0) is 36.7 Å². The number of hydrogen-bond donors (Lipinski definition) is 1. The first-order valence-electron chi connectivity index (χ1n) is 18.5. The minimum atomic E-state index is -0.204. The molecule has 5 aromatic rings. The quantitative estimate of drug-likeness (QED) is 0.0911. The Morgan fingerprint density at radius 1 is 0.824 bits per heavy atom. The van der Waals surface area contributed by atoms with Crippen molar-refractivity contribution in [2.75, 3.05) is 0 Å². The van der Waals surface area contributed by atoms with Crippen molar-refractivity contribution in [2.45, 2.75) is 107 Å². The van der Waals surface area contributed by atoms with Crippen LogP contribution in [0.5, 0.6) is 0 Å². The van der Waals surface area contributed by atoms with Crippen LogP contribution in [0.2, 0.25) is 0 Å². The molecule has 1 radical (unpaired) electrons. The van der Waals surface area contributed by atoms with E-state index in [0.717, 1.165) is 49.1 Å². The van der Waals surface area contributed by atoms with Crippen LogP contribution in [0.3, 0.4) is 0 Å². The first kappa shape index (κ1) is 40.1. The van der Waals surface area contributed by atoms with Crippen LogP contribution >= 0.6 is 0 Å². The van der Waals surface area contributed by atoms with Gasteiger partial charge in [0.25, 0.3) is 0 Å². The fourth-order valence-electron chi connectivity index (χ4n) is 7.77. The van der Waals surface area contributed by atoms with Gasteiger partial charge in [0, 0.05) is 48.5 Å². The number of rotatable bonds is 9. The molecule has 0 saturated heterocycles. The van der Waals surface area contributed by atoms with E-state index in [1.807, 2.05) is 27.7 Å². The van der Waals surface area contributed by atoms with E-state index >= 15 is 0 Å². The normalized spacial score (nSPS) is 13.7. The molecular formula is C46H55IrN2O2-. The smallest absolute Gasteiger partial charge is 0.164 e. The third-order valence-corrected chi connectivity index (χ3v) is 10.7. The second kappa shape index (κ2) is 16.3. The van der Waals surface area contributed by atoms with Gasteiger partial charge in [-0.05, 0) is 84.2 Å². The second-order valence-electron chi connectivity index (χ2n) is 15.7. The number of aliphatic hydroxyl groups is 1. The van der Waals surface area contributed by atoms with Crippen molar-refractivity contribution < 1.29 is 30.0 Å². The van der Waals surface area contributed by atoms with E-state index in [4.69, 9.17) is 9.97 Å². The zero-order valence-corrected chi connectivity index (χ0v) is 34.6. The number of allylic oxidation sites excluding steroid dienone is 2. The Labute approximate surface area is 319 Å². The van der Waals surface area contributed by atoms with Crippen LogP contribution in [-0.4, -0.2) is 20.9 Å². The number of benzene rings is 4. The Morgan fingerprint density at radius 3 is 2.04 bits per heavy atom. The van der Waals surface area contributed by atoms with E-state index < -0.39 is 0 Å². The van der Waals surface area contributed by atoms with Gasteiger partial charge in [0.15, 0.2) is 5.78 Å². The monoisotopic (exact) mass is 860 g/mol. The Morgan fingerprint density at radius 2 is 1.43 bits per heavy atom. The number of carbonyl (C=O) groups excluding carboxylic acids is 1. The van der Waals surface area contributed by atoms with Gasteiger partial charge in [0.1, 0.15) is 12.1 Å². The maximum atomic E-state index is 12.1. The summed E-state index contributed by atoms with van der Waals surface area (Å²) in [7, 11) is 0. The molecule has 1 aliphatic carbocycles. The number of aromatic nitrogens is 2. The maximum Gasteiger partial charge on any atom is 0.164 e. The van der Waals surface area contributed by atoms with Crippen molar-refractivity contribution in [3.05, 3.63) is 107 Å². The predicted octanol–water partition coefficient (Wildman–Crippen LogP) is 12.4. The molecule has 5 heteroatoms. The number of Topliss-reactive ketones (excluding diaryl/α,β-unsaturated/α-hetero) is 1. The fourth-order valence-corrected chi connectivity index (χ4v) is 7.77. The molecule has 6 rings (SSSR count). The summed E-state index contributed by atoms with van der Waals surface area (Å²) < 4.78 is 0. The maximum absolute atomic E-state index is 12.1. The molecule has 51 heavy (non-hydrogen) atoms. The van der Waals surface area contributed by atoms with Crippen LogP contribution < -0.4 is 0 Å². The van der Waals surface area contributed by atoms with E-state index in [1.54, 1.807) is 13.3 Å². The zero-order chi connectivity index (χ0) is 36.4. The molecule has 4 nitrogen and oxygen atoms in total. The molecule has 1 aliphatic rings. The summed E-state index contributed by atoms with van der Waals surface area (Å²) in [5.74, 6) is 0.631. The van der Waals surface area contributed by atoms with Crippen LogP contribution in [0, 0.1) is 23.3 Å². The molecule has 4 aromatic carbocycles. The first-order chi connectivity index (χ1) is 23.8. The van der Waals surface area contributed by atoms with Crippen molar-refractivity contribution in [3.63, 3.8) is 0 Å². The molecule has 1 heterocycles. The van der Waals surface area contributed by atoms with Crippen LogP contribution in [0.1, 0.15) is 112 Å². The molecule has 0 bridgehead atoms. The van der Waals surface area contributed by atoms with Gasteiger partial charge in [-0.2, -0.15) is 0 Å². The van der Waals surface area contributed by atoms with E-state index in [9.17, 15) is 9.90 Å². The van der Waals surface area contributed by atoms with E-state index in [-0.39, 0.29) is 48.6 Å². The Hall–Kier alpha value is -3.66. The molecular weight excluding hydrogens is 805 g/mol. The third kappa shape index (κ3) is 8.06. The molecule has 0 amide bonds. The number of aliphatic hydroxyl groups excluding tert-OH is 1. The zero-order valence-electron chi connectivity index (χ0n) is 32.2. The van der Waals surface area contributed by atoms with Gasteiger partial charge in [0.2, 0.25) is 0 Å². The van der Waals surface area contributed by atoms with Gasteiger partial charge >= 0.3 is 0 Å². The average molecular weight is 860 g/mol. The number of ketones is 1. The summed E-state index contributed by atoms with van der Waals surface area (Å²) >= 11 is 0. The Bertz CT molecular complexity index is 2040. The van der Waals surface area contributed by atoms with Crippen molar-refractivity contribution >= 4 is 27.3 Å². The van der Waals surface area contributed by atoms with Crippen LogP contribution in [0.4, 0.5) is 0 Å². The van der Waals surface area contributed by atoms with E-state index in [2.05, 4.69) is 107 Å². The SMILES string of the molecule is CC(C)(C)Cc1cccc2c(-c3ncnc4c3C(C)(C)c3cc5ccccc5cc3-4)[c-]ccc12.CCC(CC)C(=O)/C(C)=C(\O)C(CC)CC.[Ir]. The first-order valence-corrected chi connectivity index (χ1v) is 18.5. The topological polar surface area (TPSA) is 63.1 Å².